The van der Waals surface area contributed by atoms with Crippen molar-refractivity contribution in [3.63, 3.8) is 0 Å². The molecule has 152 valence electrons. The average molecular weight is 395 g/mol. The van der Waals surface area contributed by atoms with Gasteiger partial charge in [0.2, 0.25) is 0 Å². The number of likely N-dealkylation sites (tertiary alicyclic amines) is 1. The van der Waals surface area contributed by atoms with Gasteiger partial charge in [-0.15, -0.1) is 0 Å². The van der Waals surface area contributed by atoms with E-state index >= 15 is 0 Å². The van der Waals surface area contributed by atoms with E-state index in [1.54, 1.807) is 46.6 Å². The quantitative estimate of drug-likeness (QED) is 0.728. The first-order valence-corrected chi connectivity index (χ1v) is 9.73. The molecule has 0 aliphatic carbocycles. The lowest BCUT2D eigenvalue weighted by atomic mass is 10.1. The molecule has 29 heavy (non-hydrogen) atoms. The molecule has 1 atom stereocenters. The summed E-state index contributed by atoms with van der Waals surface area (Å²) in [6.07, 6.45) is 12.0. The minimum atomic E-state index is -0.500. The van der Waals surface area contributed by atoms with E-state index in [0.717, 1.165) is 29.6 Å². The molecule has 4 heterocycles. The Balaban J connectivity index is 1.47. The second-order valence-electron chi connectivity index (χ2n) is 8.16. The molecule has 0 aromatic carbocycles. The normalized spacial score (nSPS) is 17.3. The molecule has 0 radical (unpaired) electrons. The Morgan fingerprint density at radius 3 is 2.90 bits per heavy atom. The third-order valence-electron chi connectivity index (χ3n) is 4.66. The van der Waals surface area contributed by atoms with E-state index in [1.807, 2.05) is 20.8 Å². The molecule has 3 aromatic rings. The van der Waals surface area contributed by atoms with Crippen LogP contribution < -0.4 is 5.32 Å². The molecule has 9 heteroatoms. The number of nitrogens with zero attached hydrogens (tertiary/aromatic N) is 6. The number of aromatic nitrogens is 5. The van der Waals surface area contributed by atoms with Crippen LogP contribution in [0.25, 0.3) is 16.8 Å². The Kier molecular flexibility index (Phi) is 5.04. The van der Waals surface area contributed by atoms with Crippen LogP contribution in [-0.2, 0) is 4.74 Å². The number of anilines is 1. The van der Waals surface area contributed by atoms with Crippen molar-refractivity contribution in [1.29, 1.82) is 0 Å². The number of hydrogen-bond donors (Lipinski definition) is 1. The monoisotopic (exact) mass is 395 g/mol. The van der Waals surface area contributed by atoms with Crippen molar-refractivity contribution in [2.24, 2.45) is 0 Å². The summed E-state index contributed by atoms with van der Waals surface area (Å²) in [6, 6.07) is 0.0893. The lowest BCUT2D eigenvalue weighted by Crippen LogP contribution is -2.47. The van der Waals surface area contributed by atoms with E-state index in [9.17, 15) is 4.79 Å². The first kappa shape index (κ1) is 19.1. The maximum absolute atomic E-state index is 12.4. The Morgan fingerprint density at radius 2 is 2.07 bits per heavy atom. The molecule has 1 saturated heterocycles. The van der Waals surface area contributed by atoms with Crippen molar-refractivity contribution in [1.82, 2.24) is 29.5 Å². The maximum atomic E-state index is 12.4. The summed E-state index contributed by atoms with van der Waals surface area (Å²) in [5.74, 6) is 0.668. The van der Waals surface area contributed by atoms with Gasteiger partial charge in [0.1, 0.15) is 11.4 Å². The fourth-order valence-corrected chi connectivity index (χ4v) is 3.39. The predicted octanol–water partition coefficient (Wildman–Crippen LogP) is 3.00. The van der Waals surface area contributed by atoms with Crippen molar-refractivity contribution in [3.8, 4) is 11.3 Å². The first-order chi connectivity index (χ1) is 13.9. The lowest BCUT2D eigenvalue weighted by molar-refractivity contribution is 0.0206. The summed E-state index contributed by atoms with van der Waals surface area (Å²) in [5, 5.41) is 7.74. The third-order valence-corrected chi connectivity index (χ3v) is 4.66. The van der Waals surface area contributed by atoms with Gasteiger partial charge in [0, 0.05) is 37.1 Å². The predicted molar refractivity (Wildman–Crippen MR) is 108 cm³/mol. The number of ether oxygens (including phenoxy) is 1. The molecular weight excluding hydrogens is 370 g/mol. The van der Waals surface area contributed by atoms with Crippen LogP contribution in [0.4, 0.5) is 10.6 Å². The van der Waals surface area contributed by atoms with Crippen LogP contribution in [0.15, 0.2) is 37.2 Å². The van der Waals surface area contributed by atoms with Crippen LogP contribution in [0.2, 0.25) is 0 Å². The SMILES string of the molecule is CC(C)(C)OC(=O)N1CCCC(Nc2cncc(-c3cnn4ccncc34)n2)C1. The molecule has 0 saturated carbocycles. The van der Waals surface area contributed by atoms with Crippen LogP contribution in [0, 0.1) is 0 Å². The summed E-state index contributed by atoms with van der Waals surface area (Å²) < 4.78 is 7.25. The number of piperidine rings is 1. The maximum Gasteiger partial charge on any atom is 0.410 e. The average Bonchev–Trinajstić information content (AvgIpc) is 3.11. The minimum absolute atomic E-state index is 0.0893. The molecule has 1 amide bonds. The van der Waals surface area contributed by atoms with Crippen LogP contribution in [0.3, 0.4) is 0 Å². The number of amides is 1. The molecule has 0 spiro atoms. The van der Waals surface area contributed by atoms with Crippen molar-refractivity contribution < 1.29 is 9.53 Å². The van der Waals surface area contributed by atoms with Crippen LogP contribution in [0.5, 0.6) is 0 Å². The van der Waals surface area contributed by atoms with Gasteiger partial charge in [0.15, 0.2) is 0 Å². The van der Waals surface area contributed by atoms with Crippen molar-refractivity contribution >= 4 is 17.4 Å². The molecule has 1 aliphatic heterocycles. The van der Waals surface area contributed by atoms with Crippen LogP contribution in [-0.4, -0.2) is 60.3 Å². The summed E-state index contributed by atoms with van der Waals surface area (Å²) in [7, 11) is 0. The third kappa shape index (κ3) is 4.44. The van der Waals surface area contributed by atoms with E-state index in [-0.39, 0.29) is 12.1 Å². The highest BCUT2D eigenvalue weighted by Crippen LogP contribution is 2.23. The van der Waals surface area contributed by atoms with Gasteiger partial charge in [-0.2, -0.15) is 5.10 Å². The molecular formula is C20H25N7O2. The Labute approximate surface area is 169 Å². The van der Waals surface area contributed by atoms with Gasteiger partial charge in [-0.25, -0.2) is 14.3 Å². The standard InChI is InChI=1S/C20H25N7O2/c1-20(2,3)29-19(28)26-7-4-5-14(13-26)24-18-12-22-10-16(25-18)15-9-23-27-8-6-21-11-17(15)27/h6,8-12,14H,4-5,7,13H2,1-3H3,(H,24,25). The summed E-state index contributed by atoms with van der Waals surface area (Å²) in [6.45, 7) is 6.90. The second kappa shape index (κ2) is 7.65. The Hall–Kier alpha value is -3.23. The zero-order valence-corrected chi connectivity index (χ0v) is 16.9. The van der Waals surface area contributed by atoms with E-state index in [0.29, 0.717) is 18.9 Å². The number of nitrogens with one attached hydrogen (secondary N) is 1. The number of carbonyl (C=O) groups is 1. The Morgan fingerprint density at radius 1 is 1.21 bits per heavy atom. The molecule has 0 bridgehead atoms. The number of fused-ring (bicyclic) bond motifs is 1. The number of rotatable bonds is 3. The Bertz CT molecular complexity index is 1010. The fourth-order valence-electron chi connectivity index (χ4n) is 3.39. The molecule has 9 nitrogen and oxygen atoms in total. The summed E-state index contributed by atoms with van der Waals surface area (Å²) in [5.41, 5.74) is 1.96. The second-order valence-corrected chi connectivity index (χ2v) is 8.16. The van der Waals surface area contributed by atoms with Crippen molar-refractivity contribution in [2.45, 2.75) is 45.3 Å². The highest BCUT2D eigenvalue weighted by atomic mass is 16.6. The number of hydrogen-bond acceptors (Lipinski definition) is 7. The van der Waals surface area contributed by atoms with Gasteiger partial charge in [-0.1, -0.05) is 0 Å². The van der Waals surface area contributed by atoms with E-state index in [2.05, 4.69) is 20.4 Å². The van der Waals surface area contributed by atoms with Crippen LogP contribution in [0.1, 0.15) is 33.6 Å². The molecule has 1 unspecified atom stereocenters. The van der Waals surface area contributed by atoms with Gasteiger partial charge in [-0.05, 0) is 33.6 Å². The topological polar surface area (TPSA) is 97.5 Å². The highest BCUT2D eigenvalue weighted by molar-refractivity contribution is 5.77. The summed E-state index contributed by atoms with van der Waals surface area (Å²) >= 11 is 0. The van der Waals surface area contributed by atoms with Gasteiger partial charge in [0.05, 0.1) is 36.0 Å². The van der Waals surface area contributed by atoms with Gasteiger partial charge >= 0.3 is 6.09 Å². The largest absolute Gasteiger partial charge is 0.444 e. The van der Waals surface area contributed by atoms with Crippen molar-refractivity contribution in [2.75, 3.05) is 18.4 Å². The van der Waals surface area contributed by atoms with E-state index in [4.69, 9.17) is 9.72 Å². The lowest BCUT2D eigenvalue weighted by Gasteiger charge is -2.34. The zero-order chi connectivity index (χ0) is 20.4. The van der Waals surface area contributed by atoms with Gasteiger partial charge in [-0.3, -0.25) is 9.97 Å². The molecule has 1 fully saturated rings. The zero-order valence-electron chi connectivity index (χ0n) is 16.9. The van der Waals surface area contributed by atoms with Crippen LogP contribution >= 0.6 is 0 Å². The smallest absolute Gasteiger partial charge is 0.410 e. The first-order valence-electron chi connectivity index (χ1n) is 9.73. The molecule has 1 N–H and O–H groups in total. The van der Waals surface area contributed by atoms with Gasteiger partial charge < -0.3 is 15.0 Å². The highest BCUT2D eigenvalue weighted by Gasteiger charge is 2.27. The number of carbonyl (C=O) groups excluding carboxylic acids is 1. The van der Waals surface area contributed by atoms with E-state index in [1.165, 1.54) is 0 Å². The summed E-state index contributed by atoms with van der Waals surface area (Å²) in [4.78, 5) is 27.3. The fraction of sp³-hybridized carbons (Fsp3) is 0.450. The molecule has 4 rings (SSSR count). The van der Waals surface area contributed by atoms with E-state index < -0.39 is 5.60 Å². The van der Waals surface area contributed by atoms with Gasteiger partial charge in [0.25, 0.3) is 0 Å². The molecule has 3 aromatic heterocycles. The molecule has 1 aliphatic rings. The minimum Gasteiger partial charge on any atom is -0.444 e. The van der Waals surface area contributed by atoms with Crippen molar-refractivity contribution in [3.05, 3.63) is 37.2 Å².